The van der Waals surface area contributed by atoms with Crippen molar-refractivity contribution >= 4 is 0 Å². The Morgan fingerprint density at radius 2 is 2.12 bits per heavy atom. The van der Waals surface area contributed by atoms with E-state index in [1.54, 1.807) is 7.11 Å². The first kappa shape index (κ1) is 12.6. The molecule has 1 atom stereocenters. The molecule has 1 unspecified atom stereocenters. The summed E-state index contributed by atoms with van der Waals surface area (Å²) in [5, 5.41) is 3.68. The number of methoxy groups -OCH3 is 1. The van der Waals surface area contributed by atoms with E-state index in [-0.39, 0.29) is 5.54 Å². The van der Waals surface area contributed by atoms with Crippen molar-refractivity contribution in [1.29, 1.82) is 0 Å². The van der Waals surface area contributed by atoms with Gasteiger partial charge in [0.25, 0.3) is 0 Å². The van der Waals surface area contributed by atoms with Crippen LogP contribution in [0.15, 0.2) is 24.3 Å². The van der Waals surface area contributed by atoms with Crippen molar-refractivity contribution in [3.05, 3.63) is 35.4 Å². The predicted octanol–water partition coefficient (Wildman–Crippen LogP) is 2.70. The fourth-order valence-corrected chi connectivity index (χ4v) is 2.80. The standard InChI is InChI=1S/C15H23NO/c1-13-7-3-4-8-14(13)11-15(12-17-2)9-5-6-10-16-15/h3-4,7-8,16H,5-6,9-12H2,1-2H3. The number of aryl methyl sites for hydroxylation is 1. The molecule has 0 amide bonds. The highest BCUT2D eigenvalue weighted by Crippen LogP contribution is 2.25. The zero-order valence-electron chi connectivity index (χ0n) is 11.0. The van der Waals surface area contributed by atoms with Gasteiger partial charge in [-0.3, -0.25) is 0 Å². The van der Waals surface area contributed by atoms with Gasteiger partial charge in [-0.25, -0.2) is 0 Å². The van der Waals surface area contributed by atoms with Gasteiger partial charge in [0.15, 0.2) is 0 Å². The molecule has 2 heteroatoms. The van der Waals surface area contributed by atoms with E-state index in [2.05, 4.69) is 36.5 Å². The van der Waals surface area contributed by atoms with Gasteiger partial charge < -0.3 is 10.1 Å². The molecule has 0 aliphatic carbocycles. The molecule has 1 heterocycles. The number of hydrogen-bond donors (Lipinski definition) is 1. The molecular weight excluding hydrogens is 210 g/mol. The topological polar surface area (TPSA) is 21.3 Å². The Kier molecular flexibility index (Phi) is 4.19. The molecule has 1 aliphatic rings. The van der Waals surface area contributed by atoms with Gasteiger partial charge in [0.2, 0.25) is 0 Å². The van der Waals surface area contributed by atoms with Crippen LogP contribution in [-0.2, 0) is 11.2 Å². The van der Waals surface area contributed by atoms with Gasteiger partial charge in [-0.2, -0.15) is 0 Å². The van der Waals surface area contributed by atoms with E-state index in [0.29, 0.717) is 0 Å². The second kappa shape index (κ2) is 5.65. The maximum absolute atomic E-state index is 5.43. The lowest BCUT2D eigenvalue weighted by Crippen LogP contribution is -2.53. The van der Waals surface area contributed by atoms with E-state index in [0.717, 1.165) is 19.6 Å². The van der Waals surface area contributed by atoms with Gasteiger partial charge in [0.1, 0.15) is 0 Å². The molecule has 1 saturated heterocycles. The second-order valence-electron chi connectivity index (χ2n) is 5.20. The molecule has 1 aliphatic heterocycles. The number of rotatable bonds is 4. The highest BCUT2D eigenvalue weighted by molar-refractivity contribution is 5.27. The van der Waals surface area contributed by atoms with Crippen LogP contribution >= 0.6 is 0 Å². The molecular formula is C15H23NO. The van der Waals surface area contributed by atoms with E-state index < -0.39 is 0 Å². The lowest BCUT2D eigenvalue weighted by molar-refractivity contribution is 0.0893. The molecule has 17 heavy (non-hydrogen) atoms. The van der Waals surface area contributed by atoms with Crippen LogP contribution in [0.5, 0.6) is 0 Å². The van der Waals surface area contributed by atoms with Crippen molar-refractivity contribution < 1.29 is 4.74 Å². The fourth-order valence-electron chi connectivity index (χ4n) is 2.80. The molecule has 1 fully saturated rings. The summed E-state index contributed by atoms with van der Waals surface area (Å²) < 4.78 is 5.43. The number of benzene rings is 1. The van der Waals surface area contributed by atoms with E-state index in [1.807, 2.05) is 0 Å². The van der Waals surface area contributed by atoms with Gasteiger partial charge in [-0.15, -0.1) is 0 Å². The minimum absolute atomic E-state index is 0.152. The van der Waals surface area contributed by atoms with Crippen LogP contribution in [-0.4, -0.2) is 25.8 Å². The van der Waals surface area contributed by atoms with Gasteiger partial charge in [0.05, 0.1) is 6.61 Å². The Hall–Kier alpha value is -0.860. The second-order valence-corrected chi connectivity index (χ2v) is 5.20. The maximum atomic E-state index is 5.43. The summed E-state index contributed by atoms with van der Waals surface area (Å²) in [5.41, 5.74) is 2.98. The summed E-state index contributed by atoms with van der Waals surface area (Å²) in [7, 11) is 1.80. The number of nitrogens with one attached hydrogen (secondary N) is 1. The van der Waals surface area contributed by atoms with Crippen LogP contribution < -0.4 is 5.32 Å². The summed E-state index contributed by atoms with van der Waals surface area (Å²) in [6.45, 7) is 4.12. The Morgan fingerprint density at radius 3 is 2.76 bits per heavy atom. The van der Waals surface area contributed by atoms with Gasteiger partial charge >= 0.3 is 0 Å². The summed E-state index contributed by atoms with van der Waals surface area (Å²) >= 11 is 0. The number of piperidine rings is 1. The SMILES string of the molecule is COCC1(Cc2ccccc2C)CCCCN1. The first-order valence-corrected chi connectivity index (χ1v) is 6.54. The molecule has 0 spiro atoms. The summed E-state index contributed by atoms with van der Waals surface area (Å²) in [4.78, 5) is 0. The third kappa shape index (κ3) is 3.08. The average molecular weight is 233 g/mol. The van der Waals surface area contributed by atoms with Crippen molar-refractivity contribution in [3.8, 4) is 0 Å². The van der Waals surface area contributed by atoms with E-state index >= 15 is 0 Å². The predicted molar refractivity (Wildman–Crippen MR) is 71.3 cm³/mol. The molecule has 0 bridgehead atoms. The molecule has 1 aromatic rings. The molecule has 0 aromatic heterocycles. The largest absolute Gasteiger partial charge is 0.383 e. The third-order valence-corrected chi connectivity index (χ3v) is 3.79. The highest BCUT2D eigenvalue weighted by atomic mass is 16.5. The first-order valence-electron chi connectivity index (χ1n) is 6.54. The van der Waals surface area contributed by atoms with Crippen LogP contribution in [0.1, 0.15) is 30.4 Å². The summed E-state index contributed by atoms with van der Waals surface area (Å²) in [5.74, 6) is 0. The Bertz CT molecular complexity index is 350. The Balaban J connectivity index is 2.14. The van der Waals surface area contributed by atoms with Gasteiger partial charge in [0, 0.05) is 12.6 Å². The quantitative estimate of drug-likeness (QED) is 0.863. The molecule has 0 saturated carbocycles. The van der Waals surface area contributed by atoms with Crippen molar-refractivity contribution in [2.75, 3.05) is 20.3 Å². The summed E-state index contributed by atoms with van der Waals surface area (Å²) in [6.07, 6.45) is 4.89. The maximum Gasteiger partial charge on any atom is 0.0647 e. The van der Waals surface area contributed by atoms with Gasteiger partial charge in [-0.1, -0.05) is 30.7 Å². The smallest absolute Gasteiger partial charge is 0.0647 e. The third-order valence-electron chi connectivity index (χ3n) is 3.79. The number of ether oxygens (including phenoxy) is 1. The van der Waals surface area contributed by atoms with Crippen molar-refractivity contribution in [2.45, 2.75) is 38.1 Å². The zero-order chi connectivity index (χ0) is 12.1. The monoisotopic (exact) mass is 233 g/mol. The normalized spacial score (nSPS) is 24.8. The lowest BCUT2D eigenvalue weighted by Gasteiger charge is -2.38. The minimum Gasteiger partial charge on any atom is -0.383 e. The highest BCUT2D eigenvalue weighted by Gasteiger charge is 2.32. The average Bonchev–Trinajstić information content (AvgIpc) is 2.34. The van der Waals surface area contributed by atoms with E-state index in [1.165, 1.54) is 30.4 Å². The van der Waals surface area contributed by atoms with Crippen molar-refractivity contribution in [3.63, 3.8) is 0 Å². The Labute approximate surface area is 104 Å². The summed E-state index contributed by atoms with van der Waals surface area (Å²) in [6, 6.07) is 8.67. The van der Waals surface area contributed by atoms with E-state index in [9.17, 15) is 0 Å². The van der Waals surface area contributed by atoms with E-state index in [4.69, 9.17) is 4.74 Å². The zero-order valence-corrected chi connectivity index (χ0v) is 11.0. The van der Waals surface area contributed by atoms with Crippen molar-refractivity contribution in [1.82, 2.24) is 5.32 Å². The van der Waals surface area contributed by atoms with Crippen LogP contribution in [0.3, 0.4) is 0 Å². The van der Waals surface area contributed by atoms with Crippen LogP contribution in [0.25, 0.3) is 0 Å². The Morgan fingerprint density at radius 1 is 1.29 bits per heavy atom. The molecule has 1 N–H and O–H groups in total. The van der Waals surface area contributed by atoms with Gasteiger partial charge in [-0.05, 0) is 43.9 Å². The van der Waals surface area contributed by atoms with Crippen LogP contribution in [0, 0.1) is 6.92 Å². The molecule has 1 aromatic carbocycles. The minimum atomic E-state index is 0.152. The van der Waals surface area contributed by atoms with Crippen LogP contribution in [0.4, 0.5) is 0 Å². The number of hydrogen-bond acceptors (Lipinski definition) is 2. The molecule has 2 rings (SSSR count). The fraction of sp³-hybridized carbons (Fsp3) is 0.600. The molecule has 94 valence electrons. The molecule has 0 radical (unpaired) electrons. The van der Waals surface area contributed by atoms with Crippen molar-refractivity contribution in [2.24, 2.45) is 0 Å². The lowest BCUT2D eigenvalue weighted by atomic mass is 9.83. The molecule has 2 nitrogen and oxygen atoms in total. The van der Waals surface area contributed by atoms with Crippen LogP contribution in [0.2, 0.25) is 0 Å². The first-order chi connectivity index (χ1) is 8.26.